The molecule has 0 amide bonds. The van der Waals surface area contributed by atoms with Gasteiger partial charge in [-0.25, -0.2) is 0 Å². The normalized spacial score (nSPS) is 31.4. The van der Waals surface area contributed by atoms with Crippen LogP contribution in [0.3, 0.4) is 0 Å². The summed E-state index contributed by atoms with van der Waals surface area (Å²) in [5.41, 5.74) is 1.55. The zero-order valence-corrected chi connectivity index (χ0v) is 10.5. The van der Waals surface area contributed by atoms with E-state index >= 15 is 0 Å². The second kappa shape index (κ2) is 5.00. The highest BCUT2D eigenvalue weighted by atomic mass is 14.4. The van der Waals surface area contributed by atoms with Crippen molar-refractivity contribution in [1.29, 1.82) is 0 Å². The van der Waals surface area contributed by atoms with Gasteiger partial charge in [-0.15, -0.1) is 0 Å². The van der Waals surface area contributed by atoms with Crippen LogP contribution in [0, 0.1) is 23.7 Å². The predicted octanol–water partition coefficient (Wildman–Crippen LogP) is 4.66. The van der Waals surface area contributed by atoms with Crippen molar-refractivity contribution in [2.45, 2.75) is 53.9 Å². The van der Waals surface area contributed by atoms with E-state index in [2.05, 4.69) is 40.7 Å². The van der Waals surface area contributed by atoms with Crippen LogP contribution >= 0.6 is 0 Å². The fourth-order valence-corrected chi connectivity index (χ4v) is 2.25. The van der Waals surface area contributed by atoms with Gasteiger partial charge in [0.1, 0.15) is 0 Å². The fourth-order valence-electron chi connectivity index (χ4n) is 2.25. The molecular weight excluding hydrogens is 168 g/mol. The van der Waals surface area contributed by atoms with Gasteiger partial charge in [-0.3, -0.25) is 0 Å². The minimum Gasteiger partial charge on any atom is -0.0853 e. The zero-order valence-electron chi connectivity index (χ0n) is 10.5. The van der Waals surface area contributed by atoms with Crippen molar-refractivity contribution in [2.24, 2.45) is 23.7 Å². The van der Waals surface area contributed by atoms with Crippen LogP contribution in [0.25, 0.3) is 0 Å². The molecule has 1 aliphatic rings. The second-order valence-electron chi connectivity index (χ2n) is 5.35. The first-order chi connectivity index (χ1) is 6.56. The molecule has 0 heteroatoms. The maximum absolute atomic E-state index is 2.44. The standard InChI is InChI=1S/C14H26/c1-6-10(2)7-8-11(3)13(5)14-9-12(14)4/h7,11-14H,6,8-9H2,1-5H3. The average molecular weight is 194 g/mol. The van der Waals surface area contributed by atoms with E-state index in [0.717, 1.165) is 23.7 Å². The number of hydrogen-bond acceptors (Lipinski definition) is 0. The van der Waals surface area contributed by atoms with E-state index in [4.69, 9.17) is 0 Å². The van der Waals surface area contributed by atoms with E-state index in [1.165, 1.54) is 19.3 Å². The average Bonchev–Trinajstić information content (AvgIpc) is 2.90. The molecule has 0 bridgehead atoms. The van der Waals surface area contributed by atoms with Crippen molar-refractivity contribution in [3.05, 3.63) is 11.6 Å². The molecule has 14 heavy (non-hydrogen) atoms. The molecule has 0 spiro atoms. The van der Waals surface area contributed by atoms with Gasteiger partial charge in [-0.2, -0.15) is 0 Å². The molecule has 0 aromatic heterocycles. The van der Waals surface area contributed by atoms with Crippen LogP contribution in [0.2, 0.25) is 0 Å². The molecule has 4 atom stereocenters. The van der Waals surface area contributed by atoms with Crippen molar-refractivity contribution in [1.82, 2.24) is 0 Å². The Morgan fingerprint density at radius 2 is 2.00 bits per heavy atom. The van der Waals surface area contributed by atoms with Gasteiger partial charge in [0, 0.05) is 0 Å². The van der Waals surface area contributed by atoms with Crippen LogP contribution in [0.5, 0.6) is 0 Å². The molecule has 0 aliphatic heterocycles. The fraction of sp³-hybridized carbons (Fsp3) is 0.857. The predicted molar refractivity (Wildman–Crippen MR) is 64.3 cm³/mol. The number of rotatable bonds is 5. The molecule has 4 unspecified atom stereocenters. The molecule has 0 aromatic rings. The van der Waals surface area contributed by atoms with Gasteiger partial charge in [0.05, 0.1) is 0 Å². The van der Waals surface area contributed by atoms with E-state index in [9.17, 15) is 0 Å². The molecule has 0 heterocycles. The van der Waals surface area contributed by atoms with E-state index in [0.29, 0.717) is 0 Å². The first-order valence-corrected chi connectivity index (χ1v) is 6.21. The molecule has 0 aromatic carbocycles. The minimum atomic E-state index is 0.867. The summed E-state index contributed by atoms with van der Waals surface area (Å²) in [4.78, 5) is 0. The third-order valence-corrected chi connectivity index (χ3v) is 4.14. The maximum Gasteiger partial charge on any atom is -0.0320 e. The Bertz CT molecular complexity index is 202. The molecule has 0 saturated heterocycles. The Kier molecular flexibility index (Phi) is 4.22. The van der Waals surface area contributed by atoms with Gasteiger partial charge < -0.3 is 0 Å². The van der Waals surface area contributed by atoms with E-state index in [1.54, 1.807) is 5.57 Å². The third-order valence-electron chi connectivity index (χ3n) is 4.14. The van der Waals surface area contributed by atoms with Gasteiger partial charge in [0.15, 0.2) is 0 Å². The van der Waals surface area contributed by atoms with Crippen molar-refractivity contribution < 1.29 is 0 Å². The summed E-state index contributed by atoms with van der Waals surface area (Å²) < 4.78 is 0. The van der Waals surface area contributed by atoms with Gasteiger partial charge in [0.25, 0.3) is 0 Å². The highest BCUT2D eigenvalue weighted by Gasteiger charge is 2.38. The lowest BCUT2D eigenvalue weighted by molar-refractivity contribution is 0.336. The lowest BCUT2D eigenvalue weighted by Gasteiger charge is -2.18. The molecule has 1 saturated carbocycles. The van der Waals surface area contributed by atoms with Gasteiger partial charge in [-0.05, 0) is 49.9 Å². The molecular formula is C14H26. The van der Waals surface area contributed by atoms with Crippen LogP contribution in [0.4, 0.5) is 0 Å². The maximum atomic E-state index is 2.44. The summed E-state index contributed by atoms with van der Waals surface area (Å²) in [6.45, 7) is 11.7. The summed E-state index contributed by atoms with van der Waals surface area (Å²) in [5, 5.41) is 0. The first-order valence-electron chi connectivity index (χ1n) is 6.21. The molecule has 0 N–H and O–H groups in total. The first kappa shape index (κ1) is 11.8. The molecule has 1 fully saturated rings. The summed E-state index contributed by atoms with van der Waals surface area (Å²) in [7, 11) is 0. The third kappa shape index (κ3) is 3.15. The largest absolute Gasteiger partial charge is 0.0853 e. The Hall–Kier alpha value is -0.260. The second-order valence-corrected chi connectivity index (χ2v) is 5.35. The Balaban J connectivity index is 2.30. The van der Waals surface area contributed by atoms with Gasteiger partial charge in [-0.1, -0.05) is 39.3 Å². The Labute approximate surface area is 89.8 Å². The Morgan fingerprint density at radius 1 is 1.43 bits per heavy atom. The SMILES string of the molecule is CCC(C)=CCC(C)C(C)C1CC1C. The van der Waals surface area contributed by atoms with E-state index in [-0.39, 0.29) is 0 Å². The highest BCUT2D eigenvalue weighted by Crippen LogP contribution is 2.46. The number of hydrogen-bond donors (Lipinski definition) is 0. The van der Waals surface area contributed by atoms with Gasteiger partial charge in [0.2, 0.25) is 0 Å². The molecule has 1 rings (SSSR count). The highest BCUT2D eigenvalue weighted by molar-refractivity contribution is 4.98. The van der Waals surface area contributed by atoms with Crippen LogP contribution < -0.4 is 0 Å². The monoisotopic (exact) mass is 194 g/mol. The minimum absolute atomic E-state index is 0.867. The molecule has 82 valence electrons. The summed E-state index contributed by atoms with van der Waals surface area (Å²) in [6.07, 6.45) is 6.40. The van der Waals surface area contributed by atoms with Crippen molar-refractivity contribution in [3.63, 3.8) is 0 Å². The summed E-state index contributed by atoms with van der Waals surface area (Å²) >= 11 is 0. The smallest absolute Gasteiger partial charge is 0.0320 e. The summed E-state index contributed by atoms with van der Waals surface area (Å²) in [5.74, 6) is 3.82. The quantitative estimate of drug-likeness (QED) is 0.558. The van der Waals surface area contributed by atoms with Crippen LogP contribution in [0.1, 0.15) is 53.9 Å². The van der Waals surface area contributed by atoms with Crippen LogP contribution in [-0.4, -0.2) is 0 Å². The van der Waals surface area contributed by atoms with Crippen molar-refractivity contribution in [2.75, 3.05) is 0 Å². The van der Waals surface area contributed by atoms with Crippen molar-refractivity contribution >= 4 is 0 Å². The van der Waals surface area contributed by atoms with E-state index < -0.39 is 0 Å². The zero-order chi connectivity index (χ0) is 10.7. The Morgan fingerprint density at radius 3 is 2.43 bits per heavy atom. The molecule has 1 aliphatic carbocycles. The van der Waals surface area contributed by atoms with Crippen LogP contribution in [-0.2, 0) is 0 Å². The lowest BCUT2D eigenvalue weighted by Crippen LogP contribution is -2.10. The molecule has 0 radical (unpaired) electrons. The lowest BCUT2D eigenvalue weighted by atomic mass is 9.87. The van der Waals surface area contributed by atoms with E-state index in [1.807, 2.05) is 0 Å². The summed E-state index contributed by atoms with van der Waals surface area (Å²) in [6, 6.07) is 0. The molecule has 0 nitrogen and oxygen atoms in total. The van der Waals surface area contributed by atoms with Gasteiger partial charge >= 0.3 is 0 Å². The topological polar surface area (TPSA) is 0 Å². The number of allylic oxidation sites excluding steroid dienone is 2. The van der Waals surface area contributed by atoms with Crippen molar-refractivity contribution in [3.8, 4) is 0 Å². The van der Waals surface area contributed by atoms with Crippen LogP contribution in [0.15, 0.2) is 11.6 Å².